The Morgan fingerprint density at radius 3 is 2.33 bits per heavy atom. The molecule has 0 spiro atoms. The molecule has 0 N–H and O–H groups in total. The zero-order chi connectivity index (χ0) is 13.8. The maximum atomic E-state index is 4.39. The molecule has 0 unspecified atom stereocenters. The van der Waals surface area contributed by atoms with Crippen molar-refractivity contribution in [3.63, 3.8) is 0 Å². The maximum absolute atomic E-state index is 4.39. The molecule has 0 radical (unpaired) electrons. The summed E-state index contributed by atoms with van der Waals surface area (Å²) in [6.45, 7) is 13.8. The molecule has 0 aliphatic rings. The van der Waals surface area contributed by atoms with E-state index in [4.69, 9.17) is 0 Å². The molecule has 0 aliphatic heterocycles. The van der Waals surface area contributed by atoms with Gasteiger partial charge in [-0.3, -0.25) is 0 Å². The summed E-state index contributed by atoms with van der Waals surface area (Å²) < 4.78 is 2.37. The summed E-state index contributed by atoms with van der Waals surface area (Å²) in [6, 6.07) is 0. The molecular formula is C16H30N2. The molecule has 1 aromatic heterocycles. The predicted octanol–water partition coefficient (Wildman–Crippen LogP) is 4.89. The minimum atomic E-state index is 0.161. The lowest BCUT2D eigenvalue weighted by atomic mass is 9.83. The first-order chi connectivity index (χ1) is 8.35. The highest BCUT2D eigenvalue weighted by molar-refractivity contribution is 5.14. The number of hydrogen-bond donors (Lipinski definition) is 0. The van der Waals surface area contributed by atoms with Crippen molar-refractivity contribution >= 4 is 0 Å². The predicted molar refractivity (Wildman–Crippen MR) is 79.0 cm³/mol. The van der Waals surface area contributed by atoms with Gasteiger partial charge in [-0.15, -0.1) is 0 Å². The SMILES string of the molecule is CCCCCC(C)(C)c1cncn1C(C)(C)CC. The lowest BCUT2D eigenvalue weighted by molar-refractivity contribution is 0.303. The zero-order valence-electron chi connectivity index (χ0n) is 13.1. The van der Waals surface area contributed by atoms with E-state index in [0.717, 1.165) is 6.42 Å². The van der Waals surface area contributed by atoms with Crippen molar-refractivity contribution in [2.24, 2.45) is 0 Å². The van der Waals surface area contributed by atoms with Crippen molar-refractivity contribution in [1.29, 1.82) is 0 Å². The average Bonchev–Trinajstić information content (AvgIpc) is 2.79. The maximum Gasteiger partial charge on any atom is 0.0953 e. The van der Waals surface area contributed by atoms with Gasteiger partial charge in [0.25, 0.3) is 0 Å². The molecule has 1 rings (SSSR count). The van der Waals surface area contributed by atoms with Crippen LogP contribution < -0.4 is 0 Å². The standard InChI is InChI=1S/C16H30N2/c1-7-9-10-11-15(3,4)14-12-17-13-18(14)16(5,6)8-2/h12-13H,7-11H2,1-6H3. The van der Waals surface area contributed by atoms with Crippen LogP contribution in [0.2, 0.25) is 0 Å². The van der Waals surface area contributed by atoms with Gasteiger partial charge in [0.05, 0.1) is 6.33 Å². The third-order valence-electron chi connectivity index (χ3n) is 4.25. The van der Waals surface area contributed by atoms with Crippen LogP contribution in [-0.4, -0.2) is 9.55 Å². The van der Waals surface area contributed by atoms with E-state index in [1.165, 1.54) is 31.4 Å². The number of hydrogen-bond acceptors (Lipinski definition) is 1. The molecule has 1 heterocycles. The zero-order valence-corrected chi connectivity index (χ0v) is 13.1. The Balaban J connectivity index is 2.92. The lowest BCUT2D eigenvalue weighted by Gasteiger charge is -2.33. The van der Waals surface area contributed by atoms with Crippen LogP contribution >= 0.6 is 0 Å². The van der Waals surface area contributed by atoms with Crippen molar-refractivity contribution < 1.29 is 0 Å². The molecule has 0 amide bonds. The molecule has 104 valence electrons. The summed E-state index contributed by atoms with van der Waals surface area (Å²) in [5.41, 5.74) is 1.76. The van der Waals surface area contributed by atoms with Crippen LogP contribution in [0.25, 0.3) is 0 Å². The molecule has 2 heteroatoms. The molecule has 1 aromatic rings. The Labute approximate surface area is 113 Å². The van der Waals surface area contributed by atoms with E-state index >= 15 is 0 Å². The second kappa shape index (κ2) is 5.90. The molecule has 0 atom stereocenters. The molecule has 0 aliphatic carbocycles. The van der Waals surface area contributed by atoms with Gasteiger partial charge < -0.3 is 4.57 Å². The smallest absolute Gasteiger partial charge is 0.0953 e. The van der Waals surface area contributed by atoms with Crippen LogP contribution in [0.15, 0.2) is 12.5 Å². The van der Waals surface area contributed by atoms with Gasteiger partial charge >= 0.3 is 0 Å². The van der Waals surface area contributed by atoms with Crippen molar-refractivity contribution in [3.05, 3.63) is 18.2 Å². The molecule has 0 bridgehead atoms. The van der Waals surface area contributed by atoms with Crippen molar-refractivity contribution in [2.45, 2.75) is 84.6 Å². The van der Waals surface area contributed by atoms with E-state index < -0.39 is 0 Å². The van der Waals surface area contributed by atoms with Crippen molar-refractivity contribution in [2.75, 3.05) is 0 Å². The van der Waals surface area contributed by atoms with Crippen LogP contribution in [0.5, 0.6) is 0 Å². The highest BCUT2D eigenvalue weighted by atomic mass is 15.1. The van der Waals surface area contributed by atoms with Crippen LogP contribution in [0, 0.1) is 0 Å². The van der Waals surface area contributed by atoms with E-state index in [-0.39, 0.29) is 11.0 Å². The summed E-state index contributed by atoms with van der Waals surface area (Å²) in [7, 11) is 0. The molecule has 2 nitrogen and oxygen atoms in total. The van der Waals surface area contributed by atoms with Gasteiger partial charge in [0, 0.05) is 22.8 Å². The molecule has 0 aromatic carbocycles. The minimum absolute atomic E-state index is 0.161. The Hall–Kier alpha value is -0.790. The van der Waals surface area contributed by atoms with Gasteiger partial charge in [-0.2, -0.15) is 0 Å². The van der Waals surface area contributed by atoms with Crippen molar-refractivity contribution in [1.82, 2.24) is 9.55 Å². The van der Waals surface area contributed by atoms with Gasteiger partial charge in [0.15, 0.2) is 0 Å². The van der Waals surface area contributed by atoms with E-state index in [1.54, 1.807) is 0 Å². The first kappa shape index (κ1) is 15.3. The van der Waals surface area contributed by atoms with E-state index in [0.29, 0.717) is 0 Å². The summed E-state index contributed by atoms with van der Waals surface area (Å²) in [4.78, 5) is 4.39. The van der Waals surface area contributed by atoms with Crippen LogP contribution in [-0.2, 0) is 11.0 Å². The fourth-order valence-corrected chi connectivity index (χ4v) is 2.39. The quantitative estimate of drug-likeness (QED) is 0.630. The minimum Gasteiger partial charge on any atom is -0.329 e. The number of nitrogens with zero attached hydrogens (tertiary/aromatic N) is 2. The Morgan fingerprint density at radius 1 is 1.11 bits per heavy atom. The van der Waals surface area contributed by atoms with Gasteiger partial charge in [-0.1, -0.05) is 47.0 Å². The Bertz CT molecular complexity index is 361. The summed E-state index contributed by atoms with van der Waals surface area (Å²) >= 11 is 0. The van der Waals surface area contributed by atoms with Crippen LogP contribution in [0.4, 0.5) is 0 Å². The molecular weight excluding hydrogens is 220 g/mol. The number of imidazole rings is 1. The van der Waals surface area contributed by atoms with Gasteiger partial charge in [-0.25, -0.2) is 4.98 Å². The molecule has 0 fully saturated rings. The normalized spacial score (nSPS) is 13.0. The highest BCUT2D eigenvalue weighted by Gasteiger charge is 2.29. The van der Waals surface area contributed by atoms with E-state index in [1.807, 2.05) is 6.33 Å². The summed E-state index contributed by atoms with van der Waals surface area (Å²) in [5.74, 6) is 0. The van der Waals surface area contributed by atoms with Gasteiger partial charge in [-0.05, 0) is 26.7 Å². The first-order valence-electron chi connectivity index (χ1n) is 7.38. The largest absolute Gasteiger partial charge is 0.329 e. The third-order valence-corrected chi connectivity index (χ3v) is 4.25. The second-order valence-electron chi connectivity index (χ2n) is 6.66. The van der Waals surface area contributed by atoms with Gasteiger partial charge in [0.1, 0.15) is 0 Å². The lowest BCUT2D eigenvalue weighted by Crippen LogP contribution is -2.31. The second-order valence-corrected chi connectivity index (χ2v) is 6.66. The Morgan fingerprint density at radius 2 is 1.78 bits per heavy atom. The fraction of sp³-hybridized carbons (Fsp3) is 0.812. The van der Waals surface area contributed by atoms with Crippen LogP contribution in [0.3, 0.4) is 0 Å². The number of unbranched alkanes of at least 4 members (excludes halogenated alkanes) is 2. The molecule has 18 heavy (non-hydrogen) atoms. The van der Waals surface area contributed by atoms with Gasteiger partial charge in [0.2, 0.25) is 0 Å². The monoisotopic (exact) mass is 250 g/mol. The first-order valence-corrected chi connectivity index (χ1v) is 7.38. The molecule has 0 saturated carbocycles. The van der Waals surface area contributed by atoms with Crippen LogP contribution in [0.1, 0.15) is 79.3 Å². The number of rotatable bonds is 7. The molecule has 0 saturated heterocycles. The highest BCUT2D eigenvalue weighted by Crippen LogP contribution is 2.33. The summed E-state index contributed by atoms with van der Waals surface area (Å²) in [6.07, 6.45) is 10.4. The summed E-state index contributed by atoms with van der Waals surface area (Å²) in [5, 5.41) is 0. The topological polar surface area (TPSA) is 17.8 Å². The van der Waals surface area contributed by atoms with E-state index in [2.05, 4.69) is 57.3 Å². The van der Waals surface area contributed by atoms with E-state index in [9.17, 15) is 0 Å². The third kappa shape index (κ3) is 3.37. The van der Waals surface area contributed by atoms with Crippen molar-refractivity contribution in [3.8, 4) is 0 Å². The Kier molecular flexibility index (Phi) is 5.01. The fourth-order valence-electron chi connectivity index (χ4n) is 2.39. The average molecular weight is 250 g/mol. The number of aromatic nitrogens is 2.